The van der Waals surface area contributed by atoms with Gasteiger partial charge in [0.1, 0.15) is 23.6 Å². The molecule has 6 heteroatoms. The lowest BCUT2D eigenvalue weighted by molar-refractivity contribution is 0.413. The number of fused-ring (bicyclic) bond motifs is 1. The number of aromatic nitrogens is 3. The standard InChI is InChI=1S/C22H20N4O2/c1-14-4-11-20(28-17-8-6-16(27-3)7-9-17)19(12-14)26-22-18-10-5-15(2)25-21(18)23-13-24-22/h4-13H,1-3H3,(H,23,24,25,26). The normalized spacial score (nSPS) is 10.7. The van der Waals surface area contributed by atoms with Gasteiger partial charge in [0.05, 0.1) is 18.2 Å². The fourth-order valence-electron chi connectivity index (χ4n) is 2.87. The maximum atomic E-state index is 6.09. The third-order valence-electron chi connectivity index (χ3n) is 4.31. The number of nitrogens with zero attached hydrogens (tertiary/aromatic N) is 3. The molecule has 0 aliphatic carbocycles. The van der Waals surface area contributed by atoms with Gasteiger partial charge in [-0.3, -0.25) is 0 Å². The van der Waals surface area contributed by atoms with Gasteiger partial charge < -0.3 is 14.8 Å². The van der Waals surface area contributed by atoms with Crippen LogP contribution in [-0.2, 0) is 0 Å². The number of methoxy groups -OCH3 is 1. The molecule has 0 radical (unpaired) electrons. The van der Waals surface area contributed by atoms with Gasteiger partial charge in [-0.05, 0) is 67.9 Å². The average molecular weight is 372 g/mol. The number of anilines is 2. The largest absolute Gasteiger partial charge is 0.497 e. The Morgan fingerprint density at radius 1 is 0.857 bits per heavy atom. The minimum atomic E-state index is 0.655. The summed E-state index contributed by atoms with van der Waals surface area (Å²) in [5, 5.41) is 4.23. The second kappa shape index (κ2) is 7.52. The van der Waals surface area contributed by atoms with E-state index in [0.29, 0.717) is 17.2 Å². The highest BCUT2D eigenvalue weighted by atomic mass is 16.5. The Labute approximate surface area is 163 Å². The molecule has 0 fully saturated rings. The third-order valence-corrected chi connectivity index (χ3v) is 4.31. The molecule has 140 valence electrons. The van der Waals surface area contributed by atoms with Crippen LogP contribution >= 0.6 is 0 Å². The summed E-state index contributed by atoms with van der Waals surface area (Å²) in [6, 6.07) is 17.4. The van der Waals surface area contributed by atoms with Gasteiger partial charge in [-0.15, -0.1) is 0 Å². The van der Waals surface area contributed by atoms with Crippen LogP contribution in [-0.4, -0.2) is 22.1 Å². The van der Waals surface area contributed by atoms with Gasteiger partial charge in [0.25, 0.3) is 0 Å². The molecule has 28 heavy (non-hydrogen) atoms. The first kappa shape index (κ1) is 17.7. The van der Waals surface area contributed by atoms with Gasteiger partial charge in [-0.2, -0.15) is 0 Å². The van der Waals surface area contributed by atoms with Crippen molar-refractivity contribution in [1.82, 2.24) is 15.0 Å². The molecule has 2 aromatic carbocycles. The topological polar surface area (TPSA) is 69.2 Å². The van der Waals surface area contributed by atoms with E-state index in [2.05, 4.69) is 20.3 Å². The predicted molar refractivity (Wildman–Crippen MR) is 110 cm³/mol. The van der Waals surface area contributed by atoms with Crippen LogP contribution in [0.25, 0.3) is 11.0 Å². The minimum absolute atomic E-state index is 0.655. The van der Waals surface area contributed by atoms with Crippen LogP contribution in [0.1, 0.15) is 11.3 Å². The Balaban J connectivity index is 1.69. The van der Waals surface area contributed by atoms with Crippen molar-refractivity contribution in [2.45, 2.75) is 13.8 Å². The highest BCUT2D eigenvalue weighted by molar-refractivity contribution is 5.89. The van der Waals surface area contributed by atoms with Gasteiger partial charge in [-0.25, -0.2) is 15.0 Å². The van der Waals surface area contributed by atoms with E-state index < -0.39 is 0 Å². The van der Waals surface area contributed by atoms with E-state index in [0.717, 1.165) is 33.8 Å². The highest BCUT2D eigenvalue weighted by Crippen LogP contribution is 2.34. The van der Waals surface area contributed by atoms with Crippen molar-refractivity contribution in [2.75, 3.05) is 12.4 Å². The molecule has 0 bridgehead atoms. The number of aryl methyl sites for hydroxylation is 2. The molecule has 4 rings (SSSR count). The molecular formula is C22H20N4O2. The molecule has 0 unspecified atom stereocenters. The fraction of sp³-hybridized carbons (Fsp3) is 0.136. The van der Waals surface area contributed by atoms with Crippen LogP contribution in [0, 0.1) is 13.8 Å². The van der Waals surface area contributed by atoms with E-state index in [4.69, 9.17) is 9.47 Å². The molecule has 0 aliphatic rings. The Hall–Kier alpha value is -3.67. The van der Waals surface area contributed by atoms with Gasteiger partial charge in [0.15, 0.2) is 11.4 Å². The van der Waals surface area contributed by atoms with E-state index in [1.807, 2.05) is 68.4 Å². The molecule has 2 aromatic heterocycles. The van der Waals surface area contributed by atoms with Crippen molar-refractivity contribution in [3.63, 3.8) is 0 Å². The highest BCUT2D eigenvalue weighted by Gasteiger charge is 2.10. The van der Waals surface area contributed by atoms with Crippen LogP contribution in [0.15, 0.2) is 60.9 Å². The Morgan fingerprint density at radius 3 is 2.43 bits per heavy atom. The number of pyridine rings is 1. The second-order valence-corrected chi connectivity index (χ2v) is 6.45. The molecule has 2 heterocycles. The molecule has 0 amide bonds. The number of benzene rings is 2. The Morgan fingerprint density at radius 2 is 1.64 bits per heavy atom. The van der Waals surface area contributed by atoms with E-state index in [1.165, 1.54) is 6.33 Å². The van der Waals surface area contributed by atoms with Crippen LogP contribution in [0.5, 0.6) is 17.2 Å². The lowest BCUT2D eigenvalue weighted by atomic mass is 10.2. The fourth-order valence-corrected chi connectivity index (χ4v) is 2.87. The van der Waals surface area contributed by atoms with E-state index in [1.54, 1.807) is 7.11 Å². The zero-order chi connectivity index (χ0) is 19.5. The summed E-state index contributed by atoms with van der Waals surface area (Å²) in [6.07, 6.45) is 1.51. The molecule has 0 saturated heterocycles. The quantitative estimate of drug-likeness (QED) is 0.520. The van der Waals surface area contributed by atoms with Gasteiger partial charge in [-0.1, -0.05) is 6.07 Å². The van der Waals surface area contributed by atoms with Crippen molar-refractivity contribution in [1.29, 1.82) is 0 Å². The average Bonchev–Trinajstić information content (AvgIpc) is 2.70. The van der Waals surface area contributed by atoms with Crippen molar-refractivity contribution >= 4 is 22.5 Å². The number of nitrogens with one attached hydrogen (secondary N) is 1. The molecule has 0 spiro atoms. The second-order valence-electron chi connectivity index (χ2n) is 6.45. The van der Waals surface area contributed by atoms with Crippen molar-refractivity contribution in [3.05, 3.63) is 72.2 Å². The lowest BCUT2D eigenvalue weighted by Crippen LogP contribution is -2.00. The molecule has 1 N–H and O–H groups in total. The summed E-state index contributed by atoms with van der Waals surface area (Å²) in [4.78, 5) is 13.1. The molecule has 0 atom stereocenters. The zero-order valence-corrected chi connectivity index (χ0v) is 15.9. The molecule has 0 aliphatic heterocycles. The summed E-state index contributed by atoms with van der Waals surface area (Å²) in [5.74, 6) is 2.88. The Bertz CT molecular complexity index is 1130. The first-order valence-electron chi connectivity index (χ1n) is 8.90. The summed E-state index contributed by atoms with van der Waals surface area (Å²) >= 11 is 0. The van der Waals surface area contributed by atoms with Crippen molar-refractivity contribution in [3.8, 4) is 17.2 Å². The van der Waals surface area contributed by atoms with Gasteiger partial charge in [0.2, 0.25) is 0 Å². The molecule has 0 saturated carbocycles. The third kappa shape index (κ3) is 3.71. The first-order chi connectivity index (χ1) is 13.6. The molecule has 4 aromatic rings. The first-order valence-corrected chi connectivity index (χ1v) is 8.90. The summed E-state index contributed by atoms with van der Waals surface area (Å²) in [5.41, 5.74) is 3.49. The van der Waals surface area contributed by atoms with E-state index in [-0.39, 0.29) is 0 Å². The van der Waals surface area contributed by atoms with Crippen molar-refractivity contribution < 1.29 is 9.47 Å². The van der Waals surface area contributed by atoms with Crippen LogP contribution in [0.2, 0.25) is 0 Å². The molecular weight excluding hydrogens is 352 g/mol. The number of hydrogen-bond acceptors (Lipinski definition) is 6. The van der Waals surface area contributed by atoms with E-state index in [9.17, 15) is 0 Å². The summed E-state index contributed by atoms with van der Waals surface area (Å²) < 4.78 is 11.3. The number of ether oxygens (including phenoxy) is 2. The van der Waals surface area contributed by atoms with Gasteiger partial charge in [0, 0.05) is 5.69 Å². The van der Waals surface area contributed by atoms with E-state index >= 15 is 0 Å². The predicted octanol–water partition coefficient (Wildman–Crippen LogP) is 5.19. The maximum Gasteiger partial charge on any atom is 0.164 e. The minimum Gasteiger partial charge on any atom is -0.497 e. The SMILES string of the molecule is COc1ccc(Oc2ccc(C)cc2Nc2ncnc3nc(C)ccc23)cc1. The number of rotatable bonds is 5. The zero-order valence-electron chi connectivity index (χ0n) is 15.9. The number of hydrogen-bond donors (Lipinski definition) is 1. The van der Waals surface area contributed by atoms with Crippen LogP contribution in [0.4, 0.5) is 11.5 Å². The van der Waals surface area contributed by atoms with Gasteiger partial charge >= 0.3 is 0 Å². The smallest absolute Gasteiger partial charge is 0.164 e. The lowest BCUT2D eigenvalue weighted by Gasteiger charge is -2.14. The Kier molecular flexibility index (Phi) is 4.76. The molecule has 6 nitrogen and oxygen atoms in total. The monoisotopic (exact) mass is 372 g/mol. The summed E-state index contributed by atoms with van der Waals surface area (Å²) in [7, 11) is 1.64. The van der Waals surface area contributed by atoms with Crippen LogP contribution in [0.3, 0.4) is 0 Å². The maximum absolute atomic E-state index is 6.09. The van der Waals surface area contributed by atoms with Crippen molar-refractivity contribution in [2.24, 2.45) is 0 Å². The summed E-state index contributed by atoms with van der Waals surface area (Å²) in [6.45, 7) is 3.97. The van der Waals surface area contributed by atoms with Crippen LogP contribution < -0.4 is 14.8 Å².